The molecule has 6 heteroatoms. The molecule has 0 aromatic rings. The summed E-state index contributed by atoms with van der Waals surface area (Å²) in [6.45, 7) is 0.152. The van der Waals surface area contributed by atoms with Crippen LogP contribution >= 0.6 is 12.6 Å². The van der Waals surface area contributed by atoms with Crippen LogP contribution in [0.2, 0.25) is 0 Å². The van der Waals surface area contributed by atoms with Gasteiger partial charge in [-0.05, 0) is 0 Å². The van der Waals surface area contributed by atoms with Gasteiger partial charge in [0, 0.05) is 5.75 Å². The summed E-state index contributed by atoms with van der Waals surface area (Å²) in [5, 5.41) is 0. The predicted octanol–water partition coefficient (Wildman–Crippen LogP) is -3.27. The van der Waals surface area contributed by atoms with Crippen molar-refractivity contribution in [3.05, 3.63) is 0 Å². The summed E-state index contributed by atoms with van der Waals surface area (Å²) in [5.74, 6) is 0.425. The number of hydrogen-bond acceptors (Lipinski definition) is 4. The van der Waals surface area contributed by atoms with Crippen LogP contribution < -0.4 is 29.6 Å². The minimum Gasteiger partial charge on any atom is -0.750 e. The van der Waals surface area contributed by atoms with Crippen molar-refractivity contribution < 1.29 is 42.5 Å². The molecular weight excluding hydrogens is 159 g/mol. The second-order valence-corrected chi connectivity index (χ2v) is 1.84. The summed E-state index contributed by atoms with van der Waals surface area (Å²) in [6.07, 6.45) is 0. The molecule has 0 fully saturated rings. The Morgan fingerprint density at radius 3 is 2.38 bits per heavy atom. The first kappa shape index (κ1) is 12.1. The van der Waals surface area contributed by atoms with Crippen molar-refractivity contribution in [1.82, 2.24) is 0 Å². The second-order valence-electron chi connectivity index (χ2n) is 0.750. The molecule has 0 rings (SSSR count). The topological polar surface area (TPSA) is 49.4 Å². The SMILES string of the molecule is O=S([O-])OCCS.[Na+]. The molecule has 1 atom stereocenters. The molecule has 3 nitrogen and oxygen atoms in total. The largest absolute Gasteiger partial charge is 1.00 e. The van der Waals surface area contributed by atoms with Crippen molar-refractivity contribution in [2.75, 3.05) is 12.4 Å². The van der Waals surface area contributed by atoms with Gasteiger partial charge in [-0.2, -0.15) is 12.6 Å². The zero-order valence-electron chi connectivity index (χ0n) is 4.49. The quantitative estimate of drug-likeness (QED) is 0.270. The third-order valence-corrected chi connectivity index (χ3v) is 0.813. The standard InChI is InChI=1S/C2H6O3S2.Na/c3-7(4)5-1-2-6;/h6H,1-2H2,(H,3,4);/q;+1/p-1. The summed E-state index contributed by atoms with van der Waals surface area (Å²) >= 11 is 1.33. The maximum Gasteiger partial charge on any atom is 1.00 e. The van der Waals surface area contributed by atoms with Gasteiger partial charge in [0.15, 0.2) is 0 Å². The number of thiol groups is 1. The zero-order chi connectivity index (χ0) is 5.70. The van der Waals surface area contributed by atoms with Gasteiger partial charge in [0.2, 0.25) is 0 Å². The van der Waals surface area contributed by atoms with Crippen molar-refractivity contribution in [2.24, 2.45) is 0 Å². The average Bonchev–Trinajstić information content (AvgIpc) is 1.61. The van der Waals surface area contributed by atoms with Crippen LogP contribution in [0.25, 0.3) is 0 Å². The van der Waals surface area contributed by atoms with Gasteiger partial charge >= 0.3 is 29.6 Å². The van der Waals surface area contributed by atoms with E-state index < -0.39 is 11.4 Å². The van der Waals surface area contributed by atoms with E-state index in [-0.39, 0.29) is 36.2 Å². The maximum absolute atomic E-state index is 9.50. The minimum absolute atomic E-state index is 0. The summed E-state index contributed by atoms with van der Waals surface area (Å²) in [4.78, 5) is 0. The molecule has 0 bridgehead atoms. The third-order valence-electron chi connectivity index (χ3n) is 0.271. The molecule has 0 N–H and O–H groups in total. The van der Waals surface area contributed by atoms with Gasteiger partial charge in [-0.1, -0.05) is 0 Å². The Labute approximate surface area is 78.4 Å². The van der Waals surface area contributed by atoms with Gasteiger partial charge in [-0.25, -0.2) is 4.21 Å². The van der Waals surface area contributed by atoms with Crippen LogP contribution in [0.4, 0.5) is 0 Å². The van der Waals surface area contributed by atoms with Crippen LogP contribution in [-0.4, -0.2) is 21.1 Å². The molecule has 0 aliphatic rings. The Bertz CT molecular complexity index is 68.3. The molecule has 0 amide bonds. The Morgan fingerprint density at radius 2 is 2.25 bits per heavy atom. The second kappa shape index (κ2) is 8.42. The molecule has 0 aromatic carbocycles. The smallest absolute Gasteiger partial charge is 0.750 e. The van der Waals surface area contributed by atoms with E-state index in [4.69, 9.17) is 0 Å². The average molecular weight is 164 g/mol. The van der Waals surface area contributed by atoms with Crippen LogP contribution in [0.15, 0.2) is 0 Å². The molecule has 0 radical (unpaired) electrons. The fourth-order valence-electron chi connectivity index (χ4n) is 0.105. The zero-order valence-corrected chi connectivity index (χ0v) is 8.21. The van der Waals surface area contributed by atoms with Crippen molar-refractivity contribution in [3.63, 3.8) is 0 Å². The molecule has 44 valence electrons. The predicted molar refractivity (Wildman–Crippen MR) is 28.7 cm³/mol. The van der Waals surface area contributed by atoms with Gasteiger partial charge in [-0.3, -0.25) is 4.18 Å². The number of hydrogen-bond donors (Lipinski definition) is 1. The van der Waals surface area contributed by atoms with Gasteiger partial charge in [0.05, 0.1) is 18.0 Å². The van der Waals surface area contributed by atoms with Crippen molar-refractivity contribution in [1.29, 1.82) is 0 Å². The maximum atomic E-state index is 9.50. The van der Waals surface area contributed by atoms with E-state index in [9.17, 15) is 8.76 Å². The van der Waals surface area contributed by atoms with Crippen molar-refractivity contribution in [3.8, 4) is 0 Å². The molecule has 8 heavy (non-hydrogen) atoms. The summed E-state index contributed by atoms with van der Waals surface area (Å²) in [7, 11) is 0. The molecule has 0 heterocycles. The molecule has 1 unspecified atom stereocenters. The van der Waals surface area contributed by atoms with Crippen LogP contribution in [0, 0.1) is 0 Å². The van der Waals surface area contributed by atoms with E-state index in [1.54, 1.807) is 0 Å². The molecule has 0 aromatic heterocycles. The van der Waals surface area contributed by atoms with E-state index in [1.807, 2.05) is 0 Å². The molecule has 0 aliphatic heterocycles. The van der Waals surface area contributed by atoms with Crippen LogP contribution in [0.3, 0.4) is 0 Å². The van der Waals surface area contributed by atoms with E-state index in [0.717, 1.165) is 0 Å². The van der Waals surface area contributed by atoms with Crippen molar-refractivity contribution >= 4 is 24.0 Å². The third kappa shape index (κ3) is 10.4. The Hall–Kier alpha value is 1.42. The minimum atomic E-state index is -2.36. The first-order valence-electron chi connectivity index (χ1n) is 1.60. The van der Waals surface area contributed by atoms with E-state index >= 15 is 0 Å². The summed E-state index contributed by atoms with van der Waals surface area (Å²) in [6, 6.07) is 0. The normalized spacial score (nSPS) is 12.2. The Morgan fingerprint density at radius 1 is 1.75 bits per heavy atom. The molecule has 0 spiro atoms. The molecular formula is C2H5NaO3S2. The van der Waals surface area contributed by atoms with Crippen molar-refractivity contribution in [2.45, 2.75) is 0 Å². The monoisotopic (exact) mass is 164 g/mol. The Balaban J connectivity index is 0. The van der Waals surface area contributed by atoms with Gasteiger partial charge in [0.25, 0.3) is 0 Å². The first-order chi connectivity index (χ1) is 3.27. The van der Waals surface area contributed by atoms with Gasteiger partial charge in [0.1, 0.15) is 0 Å². The van der Waals surface area contributed by atoms with Gasteiger partial charge < -0.3 is 4.55 Å². The molecule has 0 aliphatic carbocycles. The Kier molecular flexibility index (Phi) is 12.8. The fourth-order valence-corrected chi connectivity index (χ4v) is 0.540. The molecule has 0 saturated heterocycles. The first-order valence-corrected chi connectivity index (χ1v) is 3.24. The molecule has 0 saturated carbocycles. The van der Waals surface area contributed by atoms with E-state index in [2.05, 4.69) is 16.8 Å². The number of rotatable bonds is 3. The van der Waals surface area contributed by atoms with Gasteiger partial charge in [-0.15, -0.1) is 0 Å². The summed E-state index contributed by atoms with van der Waals surface area (Å²) in [5.41, 5.74) is 0. The van der Waals surface area contributed by atoms with E-state index in [0.29, 0.717) is 5.75 Å². The van der Waals surface area contributed by atoms with Crippen LogP contribution in [-0.2, 0) is 15.5 Å². The van der Waals surface area contributed by atoms with Crippen LogP contribution in [0.5, 0.6) is 0 Å². The van der Waals surface area contributed by atoms with Crippen LogP contribution in [0.1, 0.15) is 0 Å². The van der Waals surface area contributed by atoms with E-state index in [1.165, 1.54) is 0 Å². The fraction of sp³-hybridized carbons (Fsp3) is 1.00. The summed E-state index contributed by atoms with van der Waals surface area (Å²) < 4.78 is 23.0.